The summed E-state index contributed by atoms with van der Waals surface area (Å²) in [6, 6.07) is 18.6. The van der Waals surface area contributed by atoms with Crippen molar-refractivity contribution in [2.75, 3.05) is 4.90 Å². The topological polar surface area (TPSA) is 176 Å². The van der Waals surface area contributed by atoms with E-state index in [4.69, 9.17) is 28.9 Å². The summed E-state index contributed by atoms with van der Waals surface area (Å²) >= 11 is 12.6. The molecule has 3 aliphatic rings. The maximum atomic E-state index is 14.3. The average molecular weight is 684 g/mol. The Morgan fingerprint density at radius 1 is 1.00 bits per heavy atom. The van der Waals surface area contributed by atoms with E-state index < -0.39 is 28.4 Å². The zero-order valence-corrected chi connectivity index (χ0v) is 27.1. The summed E-state index contributed by atoms with van der Waals surface area (Å²) in [7, 11) is 0. The normalized spacial score (nSPS) is 19.6. The molecule has 0 radical (unpaired) electrons. The van der Waals surface area contributed by atoms with Gasteiger partial charge in [-0.25, -0.2) is 14.9 Å². The average Bonchev–Trinajstić information content (AvgIpc) is 3.96. The van der Waals surface area contributed by atoms with Gasteiger partial charge in [0, 0.05) is 16.5 Å². The molecule has 2 aromatic carbocycles. The number of nitrogens with one attached hydrogen (secondary N) is 2. The number of carbonyl (C=O) groups is 4. The van der Waals surface area contributed by atoms with Crippen molar-refractivity contribution in [3.8, 4) is 6.07 Å². The molecule has 242 valence electrons. The second kappa shape index (κ2) is 11.2. The maximum Gasteiger partial charge on any atom is 0.270 e. The molecule has 14 heteroatoms. The number of rotatable bonds is 9. The lowest BCUT2D eigenvalue weighted by molar-refractivity contribution is -0.125. The summed E-state index contributed by atoms with van der Waals surface area (Å²) in [5, 5.41) is 15.9. The van der Waals surface area contributed by atoms with Crippen LogP contribution >= 0.6 is 23.2 Å². The maximum absolute atomic E-state index is 14.3. The second-order valence-corrected chi connectivity index (χ2v) is 13.5. The van der Waals surface area contributed by atoms with Gasteiger partial charge in [-0.05, 0) is 80.6 Å². The van der Waals surface area contributed by atoms with E-state index >= 15 is 0 Å². The Hall–Kier alpha value is -5.25. The van der Waals surface area contributed by atoms with Crippen molar-refractivity contribution in [1.29, 1.82) is 5.26 Å². The quantitative estimate of drug-likeness (QED) is 0.236. The Morgan fingerprint density at radius 2 is 1.69 bits per heavy atom. The van der Waals surface area contributed by atoms with E-state index in [1.807, 2.05) is 0 Å². The number of amides is 4. The van der Waals surface area contributed by atoms with Crippen LogP contribution in [0.3, 0.4) is 0 Å². The van der Waals surface area contributed by atoms with E-state index in [0.717, 1.165) is 5.56 Å². The first-order chi connectivity index (χ1) is 22.9. The highest BCUT2D eigenvalue weighted by atomic mass is 35.5. The monoisotopic (exact) mass is 682 g/mol. The molecule has 0 bridgehead atoms. The van der Waals surface area contributed by atoms with Gasteiger partial charge in [0.05, 0.1) is 34.7 Å². The van der Waals surface area contributed by atoms with Gasteiger partial charge in [-0.1, -0.05) is 41.4 Å². The molecular formula is C34H28Cl2N8O4. The molecule has 2 aliphatic carbocycles. The lowest BCUT2D eigenvalue weighted by atomic mass is 9.91. The first-order valence-corrected chi connectivity index (χ1v) is 15.9. The molecule has 1 atom stereocenters. The zero-order chi connectivity index (χ0) is 34.0. The van der Waals surface area contributed by atoms with Gasteiger partial charge in [-0.2, -0.15) is 5.26 Å². The summed E-state index contributed by atoms with van der Waals surface area (Å²) in [6.45, 7) is 1.71. The van der Waals surface area contributed by atoms with Crippen LogP contribution in [0.2, 0.25) is 10.0 Å². The molecule has 0 spiro atoms. The number of hydrogen-bond donors (Lipinski definition) is 3. The highest BCUT2D eigenvalue weighted by Crippen LogP contribution is 2.47. The third kappa shape index (κ3) is 5.25. The van der Waals surface area contributed by atoms with Gasteiger partial charge in [0.2, 0.25) is 11.9 Å². The van der Waals surface area contributed by atoms with Crippen LogP contribution in [-0.4, -0.2) is 43.7 Å². The number of carbonyl (C=O) groups excluding carboxylic acids is 4. The molecule has 0 saturated heterocycles. The van der Waals surface area contributed by atoms with Gasteiger partial charge < -0.3 is 16.4 Å². The number of pyridine rings is 1. The molecule has 2 saturated carbocycles. The Labute approximate surface area is 284 Å². The molecular weight excluding hydrogens is 655 g/mol. The third-order valence-corrected chi connectivity index (χ3v) is 9.64. The summed E-state index contributed by atoms with van der Waals surface area (Å²) in [6.07, 6.45) is 3.59. The molecule has 48 heavy (non-hydrogen) atoms. The smallest absolute Gasteiger partial charge is 0.270 e. The number of halogens is 2. The van der Waals surface area contributed by atoms with Gasteiger partial charge in [0.25, 0.3) is 17.7 Å². The van der Waals surface area contributed by atoms with Gasteiger partial charge in [0.15, 0.2) is 0 Å². The highest BCUT2D eigenvalue weighted by Gasteiger charge is 2.57. The van der Waals surface area contributed by atoms with Crippen LogP contribution in [-0.2, 0) is 27.1 Å². The molecule has 2 fully saturated rings. The Morgan fingerprint density at radius 3 is 2.29 bits per heavy atom. The molecule has 2 aromatic heterocycles. The van der Waals surface area contributed by atoms with Crippen molar-refractivity contribution in [2.45, 2.75) is 55.6 Å². The van der Waals surface area contributed by atoms with Crippen LogP contribution in [0.4, 0.5) is 11.6 Å². The Bertz CT molecular complexity index is 2060. The van der Waals surface area contributed by atoms with Crippen molar-refractivity contribution >= 4 is 58.5 Å². The summed E-state index contributed by atoms with van der Waals surface area (Å²) in [5.74, 6) is -1.80. The Kier molecular flexibility index (Phi) is 7.30. The van der Waals surface area contributed by atoms with Crippen LogP contribution < -0.4 is 21.3 Å². The zero-order valence-electron chi connectivity index (χ0n) is 25.6. The van der Waals surface area contributed by atoms with Crippen molar-refractivity contribution in [1.82, 2.24) is 25.2 Å². The fourth-order valence-corrected chi connectivity index (χ4v) is 6.80. The van der Waals surface area contributed by atoms with Crippen LogP contribution in [0.15, 0.2) is 66.9 Å². The van der Waals surface area contributed by atoms with Crippen LogP contribution in [0, 0.1) is 11.3 Å². The molecule has 1 aliphatic heterocycles. The van der Waals surface area contributed by atoms with E-state index in [0.29, 0.717) is 52.7 Å². The predicted molar refractivity (Wildman–Crippen MR) is 176 cm³/mol. The van der Waals surface area contributed by atoms with E-state index in [1.165, 1.54) is 17.2 Å². The summed E-state index contributed by atoms with van der Waals surface area (Å²) in [5.41, 5.74) is 4.46. The lowest BCUT2D eigenvalue weighted by Crippen LogP contribution is -2.52. The fourth-order valence-electron chi connectivity index (χ4n) is 6.29. The van der Waals surface area contributed by atoms with Crippen LogP contribution in [0.25, 0.3) is 0 Å². The largest absolute Gasteiger partial charge is 0.364 e. The lowest BCUT2D eigenvalue weighted by Gasteiger charge is -2.27. The minimum Gasteiger partial charge on any atom is -0.364 e. The number of primary amides is 1. The number of nitrogens with two attached hydrogens (primary N) is 1. The molecule has 12 nitrogen and oxygen atoms in total. The van der Waals surface area contributed by atoms with E-state index in [2.05, 4.69) is 26.7 Å². The fraction of sp³-hybridized carbons (Fsp3) is 0.265. The van der Waals surface area contributed by atoms with Gasteiger partial charge in [-0.3, -0.25) is 23.7 Å². The molecule has 4 N–H and O–H groups in total. The first-order valence-electron chi connectivity index (χ1n) is 15.2. The highest BCUT2D eigenvalue weighted by molar-refractivity contribution is 6.35. The summed E-state index contributed by atoms with van der Waals surface area (Å²) < 4.78 is 1.58. The van der Waals surface area contributed by atoms with E-state index in [-0.39, 0.29) is 35.6 Å². The van der Waals surface area contributed by atoms with Crippen molar-refractivity contribution in [3.05, 3.63) is 105 Å². The van der Waals surface area contributed by atoms with E-state index in [1.54, 1.807) is 66.1 Å². The van der Waals surface area contributed by atoms with Crippen LogP contribution in [0.1, 0.15) is 70.4 Å². The third-order valence-electron chi connectivity index (χ3n) is 9.20. The number of fused-ring (bicyclic) bond motifs is 1. The van der Waals surface area contributed by atoms with Gasteiger partial charge >= 0.3 is 0 Å². The second-order valence-electron chi connectivity index (χ2n) is 12.7. The molecule has 7 rings (SSSR count). The van der Waals surface area contributed by atoms with Crippen molar-refractivity contribution in [2.24, 2.45) is 5.73 Å². The minimum absolute atomic E-state index is 0.0844. The number of imidazole rings is 1. The van der Waals surface area contributed by atoms with Gasteiger partial charge in [-0.15, -0.1) is 0 Å². The van der Waals surface area contributed by atoms with Crippen molar-refractivity contribution < 1.29 is 19.2 Å². The SMILES string of the molecule is C[C@@]1(Cc2ccc(C#N)cc2)C(=O)N(c2cc(Cl)cc(Cl)c2)c2ncc(C(=O)NC3(C(=O)NC4(c5cccc(C(N)=O)n5)CC4)CC3)n21. The number of aromatic nitrogens is 3. The number of nitrogens with zero attached hydrogens (tertiary/aromatic N) is 5. The van der Waals surface area contributed by atoms with E-state index in [9.17, 15) is 24.4 Å². The standard InChI is InChI=1S/C34H28Cl2N8O4/c1-32(16-19-5-7-20(17-37)8-6-19)30(48)43(23-14-21(35)13-22(36)15-23)31-39-18-25(44(31)32)28(46)41-34(11-12-34)29(47)42-33(9-10-33)26-4-2-3-24(40-26)27(38)45/h2-8,13-15,18H,9-12,16H2,1H3,(H2,38,45)(H,41,46)(H,42,47)/t32-/m1/s1. The molecule has 3 heterocycles. The molecule has 0 unspecified atom stereocenters. The number of hydrogen-bond acceptors (Lipinski definition) is 7. The Balaban J connectivity index is 1.20. The first kappa shape index (κ1) is 31.4. The summed E-state index contributed by atoms with van der Waals surface area (Å²) in [4.78, 5) is 64.0. The number of anilines is 2. The number of nitriles is 1. The van der Waals surface area contributed by atoms with Gasteiger partial charge in [0.1, 0.15) is 22.5 Å². The van der Waals surface area contributed by atoms with Crippen LogP contribution in [0.5, 0.6) is 0 Å². The molecule has 4 aromatic rings. The molecule has 4 amide bonds. The minimum atomic E-state index is -1.34. The predicted octanol–water partition coefficient (Wildman–Crippen LogP) is 4.26. The number of benzene rings is 2. The van der Waals surface area contributed by atoms with Crippen molar-refractivity contribution in [3.63, 3.8) is 0 Å².